The number of anilines is 1. The van der Waals surface area contributed by atoms with E-state index in [4.69, 9.17) is 4.74 Å². The van der Waals surface area contributed by atoms with Gasteiger partial charge in [0.25, 0.3) is 11.8 Å². The fourth-order valence-corrected chi connectivity index (χ4v) is 3.39. The minimum absolute atomic E-state index is 0.0437. The van der Waals surface area contributed by atoms with E-state index in [0.717, 1.165) is 5.56 Å². The number of nitrogens with zero attached hydrogens (tertiary/aromatic N) is 3. The molecule has 0 unspecified atom stereocenters. The van der Waals surface area contributed by atoms with E-state index in [1.165, 1.54) is 4.90 Å². The van der Waals surface area contributed by atoms with E-state index in [-0.39, 0.29) is 18.3 Å². The molecule has 2 aromatic carbocycles. The summed E-state index contributed by atoms with van der Waals surface area (Å²) >= 11 is 0. The second-order valence-corrected chi connectivity index (χ2v) is 8.49. The minimum Gasteiger partial charge on any atom is -0.489 e. The highest BCUT2D eigenvalue weighted by molar-refractivity contribution is 6.02. The van der Waals surface area contributed by atoms with Crippen LogP contribution in [0.5, 0.6) is 5.75 Å². The van der Waals surface area contributed by atoms with Crippen LogP contribution < -0.4 is 15.0 Å². The van der Waals surface area contributed by atoms with Crippen molar-refractivity contribution in [2.24, 2.45) is 0 Å². The molecule has 9 heteroatoms. The van der Waals surface area contributed by atoms with Gasteiger partial charge in [0.1, 0.15) is 29.8 Å². The van der Waals surface area contributed by atoms with E-state index >= 15 is 0 Å². The summed E-state index contributed by atoms with van der Waals surface area (Å²) in [7, 11) is 1.60. The van der Waals surface area contributed by atoms with Crippen molar-refractivity contribution in [1.82, 2.24) is 20.5 Å². The number of ether oxygens (including phenoxy) is 1. The van der Waals surface area contributed by atoms with Crippen LogP contribution in [0.1, 0.15) is 41.4 Å². The number of benzene rings is 2. The number of rotatable bonds is 4. The van der Waals surface area contributed by atoms with Crippen molar-refractivity contribution in [3.05, 3.63) is 71.3 Å². The van der Waals surface area contributed by atoms with Gasteiger partial charge in [-0.2, -0.15) is 0 Å². The average molecular weight is 460 g/mol. The van der Waals surface area contributed by atoms with Crippen molar-refractivity contribution in [1.29, 1.82) is 0 Å². The summed E-state index contributed by atoms with van der Waals surface area (Å²) in [6.45, 7) is 3.14. The molecule has 0 saturated heterocycles. The molecule has 0 aliphatic carbocycles. The Hall–Kier alpha value is -4.16. The second kappa shape index (κ2) is 9.37. The molecule has 4 rings (SSSR count). The quantitative estimate of drug-likeness (QED) is 0.511. The molecule has 3 aromatic rings. The van der Waals surface area contributed by atoms with E-state index in [1.807, 2.05) is 30.3 Å². The first-order valence-corrected chi connectivity index (χ1v) is 10.8. The number of H-pyrrole nitrogens is 1. The molecule has 0 spiro atoms. The molecule has 9 nitrogen and oxygen atoms in total. The average Bonchev–Trinajstić information content (AvgIpc) is 3.24. The van der Waals surface area contributed by atoms with Crippen LogP contribution in [0.4, 0.5) is 5.69 Å². The Balaban J connectivity index is 1.46. The zero-order chi connectivity index (χ0) is 24.3. The van der Waals surface area contributed by atoms with Crippen LogP contribution in [0.2, 0.25) is 0 Å². The highest BCUT2D eigenvalue weighted by Crippen LogP contribution is 2.31. The molecule has 0 radical (unpaired) electrons. The molecule has 0 saturated carbocycles. The lowest BCUT2D eigenvalue weighted by molar-refractivity contribution is -0.120. The maximum Gasteiger partial charge on any atom is 0.291 e. The Bertz CT molecular complexity index is 1270. The summed E-state index contributed by atoms with van der Waals surface area (Å²) in [5, 5.41) is 19.3. The predicted molar refractivity (Wildman–Crippen MR) is 125 cm³/mol. The minimum atomic E-state index is -1.14. The van der Waals surface area contributed by atoms with Gasteiger partial charge in [-0.15, -0.1) is 5.10 Å². The van der Waals surface area contributed by atoms with E-state index < -0.39 is 17.6 Å². The lowest BCUT2D eigenvalue weighted by atomic mass is 10.1. The summed E-state index contributed by atoms with van der Waals surface area (Å²) < 4.78 is 5.80. The molecular weight excluding hydrogens is 434 g/mol. The number of likely N-dealkylation sites (N-methyl/N-ethyl adjacent to an activating group) is 1. The Morgan fingerprint density at radius 3 is 2.79 bits per heavy atom. The van der Waals surface area contributed by atoms with E-state index in [2.05, 4.69) is 32.3 Å². The topological polar surface area (TPSA) is 120 Å². The number of nitrogens with one attached hydrogen (secondary N) is 2. The van der Waals surface area contributed by atoms with E-state index in [9.17, 15) is 14.7 Å². The molecule has 0 bridgehead atoms. The number of carbonyl (C=O) groups is 2. The van der Waals surface area contributed by atoms with E-state index in [0.29, 0.717) is 29.2 Å². The number of aromatic amines is 1. The molecule has 2 amide bonds. The number of hydrogen-bond acceptors (Lipinski definition) is 6. The number of fused-ring (bicyclic) bond motifs is 1. The van der Waals surface area contributed by atoms with Crippen molar-refractivity contribution in [2.45, 2.75) is 31.9 Å². The fraction of sp³-hybridized carbons (Fsp3) is 0.280. The van der Waals surface area contributed by atoms with Gasteiger partial charge in [-0.3, -0.25) is 14.7 Å². The normalized spacial score (nSPS) is 15.5. The Labute approximate surface area is 197 Å². The summed E-state index contributed by atoms with van der Waals surface area (Å²) in [5.74, 6) is 5.70. The lowest BCUT2D eigenvalue weighted by Gasteiger charge is -2.20. The van der Waals surface area contributed by atoms with Gasteiger partial charge in [-0.1, -0.05) is 42.2 Å². The summed E-state index contributed by atoms with van der Waals surface area (Å²) in [6, 6.07) is 13.9. The first kappa shape index (κ1) is 23.0. The molecule has 3 N–H and O–H groups in total. The third kappa shape index (κ3) is 5.42. The Kier molecular flexibility index (Phi) is 6.34. The van der Waals surface area contributed by atoms with Crippen LogP contribution in [0.25, 0.3) is 0 Å². The molecule has 1 aromatic heterocycles. The van der Waals surface area contributed by atoms with Gasteiger partial charge >= 0.3 is 0 Å². The SMILES string of the molecule is CN1C(=O)[C@H](NC(=O)c2n[nH]c(Cc3ccccc3)n2)COc2ccc(C#CC(C)(C)O)cc21. The van der Waals surface area contributed by atoms with Crippen LogP contribution >= 0.6 is 0 Å². The van der Waals surface area contributed by atoms with Gasteiger partial charge < -0.3 is 20.1 Å². The first-order chi connectivity index (χ1) is 16.2. The highest BCUT2D eigenvalue weighted by Gasteiger charge is 2.31. The van der Waals surface area contributed by atoms with Gasteiger partial charge in [-0.25, -0.2) is 4.98 Å². The van der Waals surface area contributed by atoms with Crippen LogP contribution in [0, 0.1) is 11.8 Å². The van der Waals surface area contributed by atoms with Crippen molar-refractivity contribution >= 4 is 17.5 Å². The fourth-order valence-electron chi connectivity index (χ4n) is 3.39. The summed E-state index contributed by atoms with van der Waals surface area (Å²) in [4.78, 5) is 31.4. The molecule has 1 aliphatic rings. The Morgan fingerprint density at radius 1 is 1.29 bits per heavy atom. The number of carbonyl (C=O) groups excluding carboxylic acids is 2. The standard InChI is InChI=1S/C25H25N5O4/c1-25(2,33)12-11-17-9-10-20-19(13-17)30(3)24(32)18(15-34-20)26-23(31)22-27-21(28-29-22)14-16-7-5-4-6-8-16/h4-10,13,18,33H,14-15H2,1-3H3,(H,26,31)(H,27,28,29)/t18-/m1/s1. The zero-order valence-corrected chi connectivity index (χ0v) is 19.1. The van der Waals surface area contributed by atoms with Crippen molar-refractivity contribution in [3.63, 3.8) is 0 Å². The molecule has 1 atom stereocenters. The van der Waals surface area contributed by atoms with Crippen LogP contribution in [-0.4, -0.2) is 57.4 Å². The Morgan fingerprint density at radius 2 is 2.06 bits per heavy atom. The van der Waals surface area contributed by atoms with Gasteiger partial charge in [0, 0.05) is 19.0 Å². The van der Waals surface area contributed by atoms with Gasteiger partial charge in [0.05, 0.1) is 5.69 Å². The van der Waals surface area contributed by atoms with Crippen LogP contribution in [0.3, 0.4) is 0 Å². The van der Waals surface area contributed by atoms with Crippen LogP contribution in [0.15, 0.2) is 48.5 Å². The number of aliphatic hydroxyl groups is 1. The number of hydrogen-bond donors (Lipinski definition) is 3. The molecule has 0 fully saturated rings. The van der Waals surface area contributed by atoms with Crippen molar-refractivity contribution < 1.29 is 19.4 Å². The predicted octanol–water partition coefficient (Wildman–Crippen LogP) is 1.67. The first-order valence-electron chi connectivity index (χ1n) is 10.8. The third-order valence-electron chi connectivity index (χ3n) is 5.12. The van der Waals surface area contributed by atoms with Gasteiger partial charge in [0.2, 0.25) is 5.82 Å². The summed E-state index contributed by atoms with van der Waals surface area (Å²) in [6.07, 6.45) is 0.503. The maximum absolute atomic E-state index is 13.1. The third-order valence-corrected chi connectivity index (χ3v) is 5.12. The smallest absolute Gasteiger partial charge is 0.291 e. The lowest BCUT2D eigenvalue weighted by Crippen LogP contribution is -2.49. The largest absolute Gasteiger partial charge is 0.489 e. The molecule has 2 heterocycles. The van der Waals surface area contributed by atoms with Crippen molar-refractivity contribution in [2.75, 3.05) is 18.6 Å². The summed E-state index contributed by atoms with van der Waals surface area (Å²) in [5.41, 5.74) is 1.04. The number of aromatic nitrogens is 3. The van der Waals surface area contributed by atoms with Crippen molar-refractivity contribution in [3.8, 4) is 17.6 Å². The molecule has 1 aliphatic heterocycles. The molecular formula is C25H25N5O4. The highest BCUT2D eigenvalue weighted by atomic mass is 16.5. The zero-order valence-electron chi connectivity index (χ0n) is 19.1. The van der Waals surface area contributed by atoms with Gasteiger partial charge in [0.15, 0.2) is 0 Å². The molecule has 174 valence electrons. The second-order valence-electron chi connectivity index (χ2n) is 8.49. The van der Waals surface area contributed by atoms with Gasteiger partial charge in [-0.05, 0) is 37.6 Å². The van der Waals surface area contributed by atoms with Crippen LogP contribution in [-0.2, 0) is 11.2 Å². The maximum atomic E-state index is 13.1. The number of amides is 2. The monoisotopic (exact) mass is 459 g/mol. The molecule has 34 heavy (non-hydrogen) atoms. The van der Waals surface area contributed by atoms with E-state index in [1.54, 1.807) is 39.1 Å².